The molecule has 6 nitrogen and oxygen atoms in total. The zero-order chi connectivity index (χ0) is 22.0. The minimum atomic E-state index is -3.69. The molecule has 1 aliphatic rings. The summed E-state index contributed by atoms with van der Waals surface area (Å²) < 4.78 is 33.7. The summed E-state index contributed by atoms with van der Waals surface area (Å²) in [7, 11) is -3.69. The zero-order valence-electron chi connectivity index (χ0n) is 17.6. The van der Waals surface area contributed by atoms with Crippen molar-refractivity contribution in [2.75, 3.05) is 18.9 Å². The summed E-state index contributed by atoms with van der Waals surface area (Å²) >= 11 is 1.46. The van der Waals surface area contributed by atoms with E-state index in [0.29, 0.717) is 25.3 Å². The maximum absolute atomic E-state index is 13.5. The summed E-state index contributed by atoms with van der Waals surface area (Å²) in [6.07, 6.45) is 0.877. The monoisotopic (exact) mass is 458 g/mol. The lowest BCUT2D eigenvalue weighted by Gasteiger charge is -2.34. The molecule has 8 heteroatoms. The molecule has 1 unspecified atom stereocenters. The van der Waals surface area contributed by atoms with Crippen LogP contribution >= 0.6 is 11.8 Å². The molecule has 0 amide bonds. The van der Waals surface area contributed by atoms with Crippen LogP contribution in [0.1, 0.15) is 35.5 Å². The predicted octanol–water partition coefficient (Wildman–Crippen LogP) is 4.41. The molecule has 0 aliphatic carbocycles. The fraction of sp³-hybridized carbons (Fsp3) is 0.348. The van der Waals surface area contributed by atoms with E-state index in [-0.39, 0.29) is 17.3 Å². The van der Waals surface area contributed by atoms with Crippen LogP contribution in [0, 0.1) is 6.92 Å². The number of fused-ring (bicyclic) bond motifs is 3. The van der Waals surface area contributed by atoms with Crippen molar-refractivity contribution in [3.05, 3.63) is 65.4 Å². The quantitative estimate of drug-likeness (QED) is 0.531. The molecular formula is C23H26N2O4S2. The summed E-state index contributed by atoms with van der Waals surface area (Å²) in [5.41, 5.74) is 4.06. The Morgan fingerprint density at radius 3 is 2.68 bits per heavy atom. The van der Waals surface area contributed by atoms with Crippen molar-refractivity contribution in [1.29, 1.82) is 0 Å². The normalized spacial score (nSPS) is 16.9. The lowest BCUT2D eigenvalue weighted by Crippen LogP contribution is -2.39. The van der Waals surface area contributed by atoms with E-state index in [1.807, 2.05) is 37.3 Å². The van der Waals surface area contributed by atoms with E-state index in [2.05, 4.69) is 11.1 Å². The van der Waals surface area contributed by atoms with Crippen LogP contribution in [0.4, 0.5) is 0 Å². The number of rotatable bonds is 7. The molecule has 4 rings (SSSR count). The third-order valence-electron chi connectivity index (χ3n) is 5.45. The van der Waals surface area contributed by atoms with Crippen molar-refractivity contribution in [2.24, 2.45) is 0 Å². The summed E-state index contributed by atoms with van der Waals surface area (Å²) in [5, 5.41) is 0.692. The van der Waals surface area contributed by atoms with Gasteiger partial charge < -0.3 is 9.72 Å². The maximum atomic E-state index is 13.5. The van der Waals surface area contributed by atoms with Crippen LogP contribution in [-0.4, -0.2) is 42.6 Å². The highest BCUT2D eigenvalue weighted by molar-refractivity contribution is 8.00. The first-order valence-corrected chi connectivity index (χ1v) is 12.9. The largest absolute Gasteiger partial charge is 0.466 e. The predicted molar refractivity (Wildman–Crippen MR) is 124 cm³/mol. The topological polar surface area (TPSA) is 79.5 Å². The number of hydrogen-bond acceptors (Lipinski definition) is 5. The van der Waals surface area contributed by atoms with Gasteiger partial charge in [0.05, 0.1) is 17.9 Å². The van der Waals surface area contributed by atoms with Crippen LogP contribution in [0.15, 0.2) is 53.4 Å². The number of sulfonamides is 1. The Labute approximate surface area is 187 Å². The van der Waals surface area contributed by atoms with E-state index in [1.54, 1.807) is 23.4 Å². The number of ether oxygens (including phenoxy) is 1. The molecule has 2 aromatic carbocycles. The van der Waals surface area contributed by atoms with Crippen molar-refractivity contribution in [1.82, 2.24) is 9.29 Å². The fourth-order valence-corrected chi connectivity index (χ4v) is 7.04. The Bertz CT molecular complexity index is 1190. The number of hydrogen-bond donors (Lipinski definition) is 1. The zero-order valence-corrected chi connectivity index (χ0v) is 19.3. The van der Waals surface area contributed by atoms with E-state index in [9.17, 15) is 13.2 Å². The van der Waals surface area contributed by atoms with E-state index in [4.69, 9.17) is 4.74 Å². The lowest BCUT2D eigenvalue weighted by molar-refractivity contribution is -0.142. The van der Waals surface area contributed by atoms with Crippen LogP contribution in [0.5, 0.6) is 0 Å². The third-order valence-corrected chi connectivity index (χ3v) is 8.71. The van der Waals surface area contributed by atoms with Crippen LogP contribution in [0.25, 0.3) is 10.9 Å². The molecule has 0 bridgehead atoms. The van der Waals surface area contributed by atoms with Gasteiger partial charge in [0.25, 0.3) is 0 Å². The van der Waals surface area contributed by atoms with Gasteiger partial charge in [-0.1, -0.05) is 35.9 Å². The molecule has 3 aromatic rings. The Balaban J connectivity index is 1.70. The first kappa shape index (κ1) is 21.9. The van der Waals surface area contributed by atoms with Gasteiger partial charge in [0, 0.05) is 28.9 Å². The molecule has 1 atom stereocenters. The van der Waals surface area contributed by atoms with Crippen LogP contribution in [0.2, 0.25) is 0 Å². The maximum Gasteiger partial charge on any atom is 0.306 e. The number of carbonyl (C=O) groups excluding carboxylic acids is 1. The molecule has 0 radical (unpaired) electrons. The van der Waals surface area contributed by atoms with Crippen molar-refractivity contribution in [2.45, 2.75) is 37.0 Å². The molecule has 31 heavy (non-hydrogen) atoms. The molecule has 2 heterocycles. The number of benzene rings is 2. The Morgan fingerprint density at radius 2 is 1.94 bits per heavy atom. The average molecular weight is 459 g/mol. The van der Waals surface area contributed by atoms with E-state index >= 15 is 0 Å². The lowest BCUT2D eigenvalue weighted by atomic mass is 10.0. The second-order valence-corrected chi connectivity index (χ2v) is 10.6. The molecule has 0 saturated heterocycles. The van der Waals surface area contributed by atoms with E-state index < -0.39 is 15.4 Å². The highest BCUT2D eigenvalue weighted by Gasteiger charge is 2.38. The smallest absolute Gasteiger partial charge is 0.306 e. The van der Waals surface area contributed by atoms with E-state index in [1.165, 1.54) is 11.8 Å². The van der Waals surface area contributed by atoms with Crippen molar-refractivity contribution >= 4 is 38.7 Å². The Morgan fingerprint density at radius 1 is 1.19 bits per heavy atom. The first-order valence-electron chi connectivity index (χ1n) is 10.4. The molecular weight excluding hydrogens is 432 g/mol. The van der Waals surface area contributed by atoms with Gasteiger partial charge in [-0.05, 0) is 44.0 Å². The number of esters is 1. The molecule has 0 saturated carbocycles. The number of carbonyl (C=O) groups is 1. The van der Waals surface area contributed by atoms with Crippen LogP contribution in [0.3, 0.4) is 0 Å². The number of aryl methyl sites for hydroxylation is 1. The molecule has 164 valence electrons. The third kappa shape index (κ3) is 4.37. The Hall–Kier alpha value is -2.29. The summed E-state index contributed by atoms with van der Waals surface area (Å²) in [6, 6.07) is 15.0. The van der Waals surface area contributed by atoms with Gasteiger partial charge >= 0.3 is 5.97 Å². The number of thioether (sulfide) groups is 1. The minimum Gasteiger partial charge on any atom is -0.466 e. The molecule has 1 aliphatic heterocycles. The van der Waals surface area contributed by atoms with Gasteiger partial charge in [-0.2, -0.15) is 4.31 Å². The summed E-state index contributed by atoms with van der Waals surface area (Å²) in [5.74, 6) is 0.203. The summed E-state index contributed by atoms with van der Waals surface area (Å²) in [6.45, 7) is 4.44. The molecule has 1 N–H and O–H groups in total. The van der Waals surface area contributed by atoms with E-state index in [0.717, 1.165) is 27.7 Å². The van der Waals surface area contributed by atoms with Gasteiger partial charge in [0.1, 0.15) is 5.37 Å². The van der Waals surface area contributed by atoms with Gasteiger partial charge in [0.15, 0.2) is 0 Å². The van der Waals surface area contributed by atoms with Crippen molar-refractivity contribution < 1.29 is 17.9 Å². The number of H-pyrrole nitrogens is 1. The van der Waals surface area contributed by atoms with Crippen molar-refractivity contribution in [3.63, 3.8) is 0 Å². The number of para-hydroxylation sites is 1. The fourth-order valence-electron chi connectivity index (χ4n) is 3.93. The molecule has 0 spiro atoms. The number of aromatic amines is 1. The second-order valence-electron chi connectivity index (χ2n) is 7.52. The number of aromatic nitrogens is 1. The van der Waals surface area contributed by atoms with Crippen molar-refractivity contribution in [3.8, 4) is 0 Å². The van der Waals surface area contributed by atoms with Gasteiger partial charge in [-0.15, -0.1) is 11.8 Å². The molecule has 0 fully saturated rings. The van der Waals surface area contributed by atoms with Gasteiger partial charge in [0.2, 0.25) is 10.0 Å². The SMILES string of the molecule is CCOC(=O)CCSC1c2[nH]c3ccccc3c2CCN1S(=O)(=O)c1ccc(C)cc1. The Kier molecular flexibility index (Phi) is 6.41. The standard InChI is InChI=1S/C23H26N2O4S2/c1-3-29-21(26)13-15-30-23-22-19(18-6-4-5-7-20(18)24-22)12-14-25(23)31(27,28)17-10-8-16(2)9-11-17/h4-11,23-24H,3,12-15H2,1-2H3. The van der Waals surface area contributed by atoms with Crippen LogP contribution < -0.4 is 0 Å². The van der Waals surface area contributed by atoms with Gasteiger partial charge in [-0.3, -0.25) is 4.79 Å². The minimum absolute atomic E-state index is 0.239. The summed E-state index contributed by atoms with van der Waals surface area (Å²) in [4.78, 5) is 15.6. The number of nitrogens with one attached hydrogen (secondary N) is 1. The highest BCUT2D eigenvalue weighted by atomic mass is 32.2. The van der Waals surface area contributed by atoms with Crippen LogP contribution in [-0.2, 0) is 26.0 Å². The highest BCUT2D eigenvalue weighted by Crippen LogP contribution is 2.43. The number of nitrogens with zero attached hydrogens (tertiary/aromatic N) is 1. The first-order chi connectivity index (χ1) is 14.9. The second kappa shape index (κ2) is 9.06. The average Bonchev–Trinajstić information content (AvgIpc) is 3.13. The van der Waals surface area contributed by atoms with Gasteiger partial charge in [-0.25, -0.2) is 8.42 Å². The molecule has 1 aromatic heterocycles.